The number of carbonyl (C=O) groups is 1. The number of carbonyl (C=O) groups excluding carboxylic acids is 1. The van der Waals surface area contributed by atoms with E-state index in [0.29, 0.717) is 19.8 Å². The van der Waals surface area contributed by atoms with Crippen LogP contribution >= 0.6 is 0 Å². The van der Waals surface area contributed by atoms with E-state index in [9.17, 15) is 4.79 Å². The number of hydrogen-bond acceptors (Lipinski definition) is 4. The molecule has 0 aliphatic rings. The summed E-state index contributed by atoms with van der Waals surface area (Å²) >= 11 is 0. The molecule has 0 saturated heterocycles. The molecule has 0 fully saturated rings. The molecule has 0 amide bonds. The molecule has 0 heterocycles. The van der Waals surface area contributed by atoms with Crippen LogP contribution in [0.15, 0.2) is 0 Å². The average Bonchev–Trinajstić information content (AvgIpc) is 2.32. The molecule has 0 aliphatic heterocycles. The second-order valence-corrected chi connectivity index (χ2v) is 4.08. The highest BCUT2D eigenvalue weighted by Crippen LogP contribution is 2.04. The lowest BCUT2D eigenvalue weighted by molar-refractivity contribution is -0.148. The number of rotatable bonds is 10. The molecule has 0 aromatic rings. The van der Waals surface area contributed by atoms with Crippen molar-refractivity contribution < 1.29 is 19.0 Å². The highest BCUT2D eigenvalue weighted by molar-refractivity contribution is 5.71. The van der Waals surface area contributed by atoms with Gasteiger partial charge in [0.15, 0.2) is 6.29 Å². The fourth-order valence-corrected chi connectivity index (χ4v) is 1.22. The summed E-state index contributed by atoms with van der Waals surface area (Å²) in [6.45, 7) is 9.47. The number of ether oxygens (including phenoxy) is 3. The zero-order chi connectivity index (χ0) is 13.1. The maximum Gasteiger partial charge on any atom is 0.308 e. The Labute approximate surface area is 105 Å². The minimum absolute atomic E-state index is 0.00391. The van der Waals surface area contributed by atoms with Crippen LogP contribution in [0.4, 0.5) is 0 Å². The van der Waals surface area contributed by atoms with Crippen molar-refractivity contribution in [1.82, 2.24) is 0 Å². The molecule has 17 heavy (non-hydrogen) atoms. The van der Waals surface area contributed by atoms with E-state index in [4.69, 9.17) is 14.2 Å². The summed E-state index contributed by atoms with van der Waals surface area (Å²) in [5.74, 6) is -0.0969. The molecule has 4 nitrogen and oxygen atoms in total. The first-order chi connectivity index (χ1) is 8.11. The third kappa shape index (κ3) is 9.12. The smallest absolute Gasteiger partial charge is 0.308 e. The molecule has 0 aromatic heterocycles. The predicted molar refractivity (Wildman–Crippen MR) is 66.7 cm³/mol. The first-order valence-corrected chi connectivity index (χ1v) is 6.51. The molecule has 2 unspecified atom stereocenters. The van der Waals surface area contributed by atoms with Crippen LogP contribution < -0.4 is 0 Å². The van der Waals surface area contributed by atoms with Gasteiger partial charge >= 0.3 is 5.97 Å². The van der Waals surface area contributed by atoms with Crippen molar-refractivity contribution >= 4 is 5.97 Å². The summed E-state index contributed by atoms with van der Waals surface area (Å²) in [5.41, 5.74) is 0. The van der Waals surface area contributed by atoms with E-state index in [1.807, 2.05) is 27.7 Å². The van der Waals surface area contributed by atoms with Crippen LogP contribution in [-0.2, 0) is 19.0 Å². The van der Waals surface area contributed by atoms with E-state index in [-0.39, 0.29) is 18.2 Å². The number of esters is 1. The van der Waals surface area contributed by atoms with Gasteiger partial charge in [-0.05, 0) is 33.1 Å². The Morgan fingerprint density at radius 3 is 2.29 bits per heavy atom. The van der Waals surface area contributed by atoms with Crippen molar-refractivity contribution in [2.45, 2.75) is 53.2 Å². The normalized spacial score (nSPS) is 14.4. The second-order valence-electron chi connectivity index (χ2n) is 4.08. The van der Waals surface area contributed by atoms with Gasteiger partial charge in [-0.15, -0.1) is 0 Å². The maximum absolute atomic E-state index is 11.3. The molecule has 0 aromatic carbocycles. The third-order valence-electron chi connectivity index (χ3n) is 2.55. The average molecular weight is 246 g/mol. The van der Waals surface area contributed by atoms with Gasteiger partial charge in [-0.2, -0.15) is 0 Å². The van der Waals surface area contributed by atoms with Gasteiger partial charge in [0.2, 0.25) is 0 Å². The summed E-state index contributed by atoms with van der Waals surface area (Å²) in [4.78, 5) is 11.3. The molecule has 2 atom stereocenters. The van der Waals surface area contributed by atoms with E-state index in [1.165, 1.54) is 0 Å². The van der Waals surface area contributed by atoms with Crippen LogP contribution in [0.5, 0.6) is 0 Å². The van der Waals surface area contributed by atoms with E-state index in [2.05, 4.69) is 0 Å². The van der Waals surface area contributed by atoms with Gasteiger partial charge in [-0.3, -0.25) is 4.79 Å². The van der Waals surface area contributed by atoms with Gasteiger partial charge in [-0.1, -0.05) is 13.8 Å². The molecule has 0 rings (SSSR count). The lowest BCUT2D eigenvalue weighted by Gasteiger charge is -2.13. The van der Waals surface area contributed by atoms with Crippen LogP contribution in [0.3, 0.4) is 0 Å². The molecule has 0 saturated carbocycles. The van der Waals surface area contributed by atoms with Crippen molar-refractivity contribution in [2.75, 3.05) is 19.8 Å². The predicted octanol–water partition coefficient (Wildman–Crippen LogP) is 2.76. The Morgan fingerprint density at radius 1 is 1.06 bits per heavy atom. The zero-order valence-corrected chi connectivity index (χ0v) is 11.5. The molecule has 0 N–H and O–H groups in total. The van der Waals surface area contributed by atoms with Crippen molar-refractivity contribution in [2.24, 2.45) is 5.92 Å². The lowest BCUT2D eigenvalue weighted by atomic mass is 10.1. The maximum atomic E-state index is 11.3. The Kier molecular flexibility index (Phi) is 10.2. The molecular weight excluding hydrogens is 220 g/mol. The fourth-order valence-electron chi connectivity index (χ4n) is 1.22. The van der Waals surface area contributed by atoms with Gasteiger partial charge in [0.1, 0.15) is 0 Å². The summed E-state index contributed by atoms with van der Waals surface area (Å²) in [5, 5.41) is 0. The molecule has 0 bridgehead atoms. The highest BCUT2D eigenvalue weighted by atomic mass is 16.7. The van der Waals surface area contributed by atoms with Gasteiger partial charge < -0.3 is 14.2 Å². The topological polar surface area (TPSA) is 44.8 Å². The Hall–Kier alpha value is -0.610. The van der Waals surface area contributed by atoms with Gasteiger partial charge in [0.25, 0.3) is 0 Å². The van der Waals surface area contributed by atoms with Crippen LogP contribution in [0.1, 0.15) is 47.0 Å². The minimum Gasteiger partial charge on any atom is -0.465 e. The van der Waals surface area contributed by atoms with E-state index in [1.54, 1.807) is 0 Å². The lowest BCUT2D eigenvalue weighted by Crippen LogP contribution is -2.16. The van der Waals surface area contributed by atoms with E-state index < -0.39 is 0 Å². The monoisotopic (exact) mass is 246 g/mol. The molecule has 102 valence electrons. The first kappa shape index (κ1) is 16.4. The summed E-state index contributed by atoms with van der Waals surface area (Å²) in [6, 6.07) is 0. The SMILES string of the molecule is CCOC(C)OCCCCOC(=O)C(C)CC. The molecule has 0 aliphatic carbocycles. The summed E-state index contributed by atoms with van der Waals surface area (Å²) in [6.07, 6.45) is 2.39. The van der Waals surface area contributed by atoms with Crippen LogP contribution in [0, 0.1) is 5.92 Å². The zero-order valence-electron chi connectivity index (χ0n) is 11.5. The minimum atomic E-state index is -0.150. The van der Waals surface area contributed by atoms with Crippen molar-refractivity contribution in [3.05, 3.63) is 0 Å². The third-order valence-corrected chi connectivity index (χ3v) is 2.55. The standard InChI is InChI=1S/C13H26O4/c1-5-11(3)13(14)17-10-8-7-9-16-12(4)15-6-2/h11-12H,5-10H2,1-4H3. The van der Waals surface area contributed by atoms with E-state index in [0.717, 1.165) is 19.3 Å². The summed E-state index contributed by atoms with van der Waals surface area (Å²) in [7, 11) is 0. The molecule has 4 heteroatoms. The van der Waals surface area contributed by atoms with Crippen molar-refractivity contribution in [3.8, 4) is 0 Å². The Bertz CT molecular complexity index is 194. The summed E-state index contributed by atoms with van der Waals surface area (Å²) < 4.78 is 15.7. The highest BCUT2D eigenvalue weighted by Gasteiger charge is 2.11. The van der Waals surface area contributed by atoms with Crippen molar-refractivity contribution in [1.29, 1.82) is 0 Å². The van der Waals surface area contributed by atoms with Gasteiger partial charge in [0, 0.05) is 13.2 Å². The fraction of sp³-hybridized carbons (Fsp3) is 0.923. The van der Waals surface area contributed by atoms with Crippen LogP contribution in [0.25, 0.3) is 0 Å². The van der Waals surface area contributed by atoms with Crippen molar-refractivity contribution in [3.63, 3.8) is 0 Å². The van der Waals surface area contributed by atoms with Gasteiger partial charge in [0.05, 0.1) is 12.5 Å². The Balaban J connectivity index is 3.32. The largest absolute Gasteiger partial charge is 0.465 e. The second kappa shape index (κ2) is 10.5. The van der Waals surface area contributed by atoms with Gasteiger partial charge in [-0.25, -0.2) is 0 Å². The molecular formula is C13H26O4. The molecule has 0 radical (unpaired) electrons. The molecule has 0 spiro atoms. The Morgan fingerprint density at radius 2 is 1.71 bits per heavy atom. The first-order valence-electron chi connectivity index (χ1n) is 6.51. The number of hydrogen-bond donors (Lipinski definition) is 0. The van der Waals surface area contributed by atoms with Crippen LogP contribution in [-0.4, -0.2) is 32.1 Å². The quantitative estimate of drug-likeness (QED) is 0.338. The number of unbranched alkanes of at least 4 members (excludes halogenated alkanes) is 1. The van der Waals surface area contributed by atoms with E-state index >= 15 is 0 Å². The van der Waals surface area contributed by atoms with Crippen LogP contribution in [0.2, 0.25) is 0 Å².